The summed E-state index contributed by atoms with van der Waals surface area (Å²) in [5.74, 6) is 0.0547. The SMILES string of the molecule is COC(=O)c1ccc([C@H]2Oc3ccc(Cl)cc3[C@H]3CC(c4ccc(F)cc4)=NN32)cc1. The van der Waals surface area contributed by atoms with E-state index in [0.29, 0.717) is 17.0 Å². The number of fused-ring (bicyclic) bond motifs is 3. The monoisotopic (exact) mass is 436 g/mol. The first-order chi connectivity index (χ1) is 15.0. The number of esters is 1. The van der Waals surface area contributed by atoms with Crippen molar-refractivity contribution in [3.05, 3.63) is 99.8 Å². The van der Waals surface area contributed by atoms with Gasteiger partial charge in [0, 0.05) is 22.6 Å². The Labute approximate surface area is 183 Å². The molecule has 156 valence electrons. The zero-order chi connectivity index (χ0) is 21.5. The summed E-state index contributed by atoms with van der Waals surface area (Å²) in [5, 5.41) is 7.37. The van der Waals surface area contributed by atoms with Gasteiger partial charge in [-0.2, -0.15) is 5.10 Å². The third-order valence-corrected chi connectivity index (χ3v) is 5.78. The second kappa shape index (κ2) is 7.71. The molecule has 0 saturated heterocycles. The average molecular weight is 437 g/mol. The van der Waals surface area contributed by atoms with Crippen molar-refractivity contribution >= 4 is 23.3 Å². The number of hydrogen-bond acceptors (Lipinski definition) is 5. The fraction of sp³-hybridized carbons (Fsp3) is 0.167. The van der Waals surface area contributed by atoms with Gasteiger partial charge in [0.15, 0.2) is 0 Å². The van der Waals surface area contributed by atoms with Crippen LogP contribution in [-0.4, -0.2) is 23.8 Å². The smallest absolute Gasteiger partial charge is 0.337 e. The quantitative estimate of drug-likeness (QED) is 0.508. The Bertz CT molecular complexity index is 1180. The highest BCUT2D eigenvalue weighted by atomic mass is 35.5. The predicted molar refractivity (Wildman–Crippen MR) is 115 cm³/mol. The predicted octanol–water partition coefficient (Wildman–Crippen LogP) is 5.51. The van der Waals surface area contributed by atoms with E-state index in [1.54, 1.807) is 30.3 Å². The lowest BCUT2D eigenvalue weighted by Crippen LogP contribution is -2.33. The lowest BCUT2D eigenvalue weighted by molar-refractivity contribution is -0.0190. The summed E-state index contributed by atoms with van der Waals surface area (Å²) in [7, 11) is 1.35. The molecule has 0 unspecified atom stereocenters. The molecular formula is C24H18ClFN2O3. The number of rotatable bonds is 3. The van der Waals surface area contributed by atoms with Crippen LogP contribution in [0, 0.1) is 5.82 Å². The first-order valence-electron chi connectivity index (χ1n) is 9.79. The van der Waals surface area contributed by atoms with Crippen molar-refractivity contribution in [2.75, 3.05) is 7.11 Å². The molecule has 5 nitrogen and oxygen atoms in total. The lowest BCUT2D eigenvalue weighted by atomic mass is 9.96. The molecule has 0 N–H and O–H groups in total. The van der Waals surface area contributed by atoms with Crippen molar-refractivity contribution in [2.45, 2.75) is 18.7 Å². The highest BCUT2D eigenvalue weighted by Crippen LogP contribution is 2.48. The van der Waals surface area contributed by atoms with Crippen LogP contribution in [0.3, 0.4) is 0 Å². The van der Waals surface area contributed by atoms with E-state index in [1.807, 2.05) is 29.3 Å². The molecule has 3 aromatic carbocycles. The van der Waals surface area contributed by atoms with Crippen LogP contribution in [0.4, 0.5) is 4.39 Å². The second-order valence-electron chi connectivity index (χ2n) is 7.42. The van der Waals surface area contributed by atoms with E-state index in [9.17, 15) is 9.18 Å². The van der Waals surface area contributed by atoms with Gasteiger partial charge < -0.3 is 9.47 Å². The Balaban J connectivity index is 1.55. The van der Waals surface area contributed by atoms with Crippen LogP contribution in [0.15, 0.2) is 71.8 Å². The molecule has 0 bridgehead atoms. The standard InChI is InChI=1S/C24H18ClFN2O3/c1-30-24(29)16-4-2-15(3-5-16)23-28-21(19-12-17(25)8-11-22(19)31-23)13-20(27-28)14-6-9-18(26)10-7-14/h2-12,21,23H,13H2,1H3/t21-,23-/m1/s1. The van der Waals surface area contributed by atoms with E-state index < -0.39 is 12.2 Å². The molecule has 0 saturated carbocycles. The number of methoxy groups -OCH3 is 1. The van der Waals surface area contributed by atoms with Gasteiger partial charge in [-0.1, -0.05) is 35.9 Å². The number of benzene rings is 3. The minimum atomic E-state index is -0.483. The van der Waals surface area contributed by atoms with E-state index in [2.05, 4.69) is 0 Å². The molecule has 0 spiro atoms. The van der Waals surface area contributed by atoms with Crippen LogP contribution < -0.4 is 4.74 Å². The van der Waals surface area contributed by atoms with E-state index >= 15 is 0 Å². The van der Waals surface area contributed by atoms with Crippen LogP contribution in [0.1, 0.15) is 45.7 Å². The van der Waals surface area contributed by atoms with E-state index in [0.717, 1.165) is 28.2 Å². The van der Waals surface area contributed by atoms with Gasteiger partial charge in [-0.3, -0.25) is 0 Å². The van der Waals surface area contributed by atoms with Crippen LogP contribution >= 0.6 is 11.6 Å². The maximum absolute atomic E-state index is 13.4. The van der Waals surface area contributed by atoms with Gasteiger partial charge in [-0.15, -0.1) is 0 Å². The zero-order valence-electron chi connectivity index (χ0n) is 16.6. The maximum atomic E-state index is 13.4. The molecule has 7 heteroatoms. The van der Waals surface area contributed by atoms with Gasteiger partial charge in [0.2, 0.25) is 6.23 Å². The molecule has 0 radical (unpaired) electrons. The van der Waals surface area contributed by atoms with E-state index in [-0.39, 0.29) is 11.9 Å². The van der Waals surface area contributed by atoms with Crippen molar-refractivity contribution in [2.24, 2.45) is 5.10 Å². The zero-order valence-corrected chi connectivity index (χ0v) is 17.3. The van der Waals surface area contributed by atoms with Gasteiger partial charge in [0.1, 0.15) is 11.6 Å². The molecule has 2 aliphatic rings. The topological polar surface area (TPSA) is 51.1 Å². The molecule has 2 atom stereocenters. The molecule has 0 amide bonds. The van der Waals surface area contributed by atoms with Crippen molar-refractivity contribution in [3.8, 4) is 5.75 Å². The lowest BCUT2D eigenvalue weighted by Gasteiger charge is -2.38. The summed E-state index contributed by atoms with van der Waals surface area (Å²) < 4.78 is 24.5. The molecule has 5 rings (SSSR count). The Morgan fingerprint density at radius 2 is 1.87 bits per heavy atom. The third kappa shape index (κ3) is 3.53. The first kappa shape index (κ1) is 19.6. The van der Waals surface area contributed by atoms with Crippen molar-refractivity contribution in [1.29, 1.82) is 0 Å². The fourth-order valence-corrected chi connectivity index (χ4v) is 4.18. The van der Waals surface area contributed by atoms with Crippen LogP contribution in [-0.2, 0) is 4.74 Å². The molecule has 3 aromatic rings. The number of hydrazone groups is 1. The summed E-state index contributed by atoms with van der Waals surface area (Å²) in [6.45, 7) is 0. The Morgan fingerprint density at radius 3 is 2.58 bits per heavy atom. The van der Waals surface area contributed by atoms with E-state index in [1.165, 1.54) is 19.2 Å². The van der Waals surface area contributed by atoms with E-state index in [4.69, 9.17) is 26.2 Å². The summed E-state index contributed by atoms with van der Waals surface area (Å²) in [6.07, 6.45) is 0.155. The van der Waals surface area contributed by atoms with Crippen LogP contribution in [0.25, 0.3) is 0 Å². The summed E-state index contributed by atoms with van der Waals surface area (Å²) in [5.41, 5.74) is 3.97. The molecular weight excluding hydrogens is 419 g/mol. The summed E-state index contributed by atoms with van der Waals surface area (Å²) >= 11 is 6.26. The van der Waals surface area contributed by atoms with Gasteiger partial charge in [0.05, 0.1) is 24.4 Å². The number of carbonyl (C=O) groups excluding carboxylic acids is 1. The molecule has 0 aliphatic carbocycles. The van der Waals surface area contributed by atoms with Crippen molar-refractivity contribution < 1.29 is 18.7 Å². The molecule has 2 heterocycles. The van der Waals surface area contributed by atoms with Crippen LogP contribution in [0.2, 0.25) is 5.02 Å². The largest absolute Gasteiger partial charge is 0.465 e. The third-order valence-electron chi connectivity index (χ3n) is 5.55. The maximum Gasteiger partial charge on any atom is 0.337 e. The van der Waals surface area contributed by atoms with Gasteiger partial charge >= 0.3 is 5.97 Å². The Morgan fingerprint density at radius 1 is 1.13 bits per heavy atom. The molecule has 2 aliphatic heterocycles. The summed E-state index contributed by atoms with van der Waals surface area (Å²) in [4.78, 5) is 11.8. The van der Waals surface area contributed by atoms with Gasteiger partial charge in [-0.05, 0) is 48.0 Å². The van der Waals surface area contributed by atoms with Crippen molar-refractivity contribution in [1.82, 2.24) is 5.01 Å². The van der Waals surface area contributed by atoms with Gasteiger partial charge in [0.25, 0.3) is 0 Å². The second-order valence-corrected chi connectivity index (χ2v) is 7.86. The highest BCUT2D eigenvalue weighted by Gasteiger charge is 2.41. The normalized spacial score (nSPS) is 19.2. The Hall–Kier alpha value is -3.38. The van der Waals surface area contributed by atoms with Gasteiger partial charge in [-0.25, -0.2) is 14.2 Å². The number of carbonyl (C=O) groups is 1. The van der Waals surface area contributed by atoms with Crippen LogP contribution in [0.5, 0.6) is 5.75 Å². The highest BCUT2D eigenvalue weighted by molar-refractivity contribution is 6.30. The summed E-state index contributed by atoms with van der Waals surface area (Å²) in [6, 6.07) is 18.9. The van der Waals surface area contributed by atoms with Crippen molar-refractivity contribution in [3.63, 3.8) is 0 Å². The minimum absolute atomic E-state index is 0.0761. The molecule has 31 heavy (non-hydrogen) atoms. The number of halogens is 2. The molecule has 0 aromatic heterocycles. The Kier molecular flexibility index (Phi) is 4.87. The number of hydrogen-bond donors (Lipinski definition) is 0. The molecule has 0 fully saturated rings. The number of nitrogens with zero attached hydrogens (tertiary/aromatic N) is 2. The fourth-order valence-electron chi connectivity index (χ4n) is 4.00. The average Bonchev–Trinajstić information content (AvgIpc) is 3.24. The first-order valence-corrected chi connectivity index (χ1v) is 10.2. The minimum Gasteiger partial charge on any atom is -0.465 e. The number of ether oxygens (including phenoxy) is 2.